The maximum atomic E-state index is 12.7. The SMILES string of the molecule is O=C(c1cc(Br)ccc1Cl)N(CC1CC1)CC1CC1. The first-order valence-corrected chi connectivity index (χ1v) is 8.05. The zero-order chi connectivity index (χ0) is 13.4. The van der Waals surface area contributed by atoms with E-state index in [1.165, 1.54) is 25.7 Å². The van der Waals surface area contributed by atoms with Crippen LogP contribution < -0.4 is 0 Å². The molecule has 4 heteroatoms. The van der Waals surface area contributed by atoms with E-state index >= 15 is 0 Å². The third-order valence-electron chi connectivity index (χ3n) is 3.80. The smallest absolute Gasteiger partial charge is 0.255 e. The molecular weight excluding hydrogens is 326 g/mol. The predicted molar refractivity (Wildman–Crippen MR) is 80.5 cm³/mol. The third kappa shape index (κ3) is 3.51. The second-order valence-electron chi connectivity index (χ2n) is 5.72. The molecule has 1 aromatic rings. The second kappa shape index (κ2) is 5.45. The van der Waals surface area contributed by atoms with Crippen molar-refractivity contribution >= 4 is 33.4 Å². The highest BCUT2D eigenvalue weighted by Gasteiger charge is 2.32. The average Bonchev–Trinajstić information content (AvgIpc) is 3.25. The zero-order valence-electron chi connectivity index (χ0n) is 10.7. The van der Waals surface area contributed by atoms with Gasteiger partial charge in [-0.3, -0.25) is 4.79 Å². The topological polar surface area (TPSA) is 20.3 Å². The van der Waals surface area contributed by atoms with Gasteiger partial charge in [-0.1, -0.05) is 27.5 Å². The van der Waals surface area contributed by atoms with Gasteiger partial charge >= 0.3 is 0 Å². The van der Waals surface area contributed by atoms with Crippen LogP contribution in [0, 0.1) is 11.8 Å². The van der Waals surface area contributed by atoms with Gasteiger partial charge in [0.15, 0.2) is 0 Å². The molecule has 0 aromatic heterocycles. The lowest BCUT2D eigenvalue weighted by Crippen LogP contribution is -2.34. The van der Waals surface area contributed by atoms with Crippen LogP contribution in [0.5, 0.6) is 0 Å². The zero-order valence-corrected chi connectivity index (χ0v) is 13.1. The minimum Gasteiger partial charge on any atom is -0.338 e. The number of amides is 1. The molecule has 1 aromatic carbocycles. The van der Waals surface area contributed by atoms with Crippen LogP contribution in [0.15, 0.2) is 22.7 Å². The summed E-state index contributed by atoms with van der Waals surface area (Å²) in [4.78, 5) is 14.7. The van der Waals surface area contributed by atoms with Crippen LogP contribution in [0.2, 0.25) is 5.02 Å². The largest absolute Gasteiger partial charge is 0.338 e. The first kappa shape index (κ1) is 13.4. The Labute approximate surface area is 127 Å². The molecule has 0 saturated heterocycles. The molecular formula is C15H17BrClNO. The normalized spacial score (nSPS) is 18.4. The maximum absolute atomic E-state index is 12.7. The van der Waals surface area contributed by atoms with E-state index in [1.807, 2.05) is 17.0 Å². The van der Waals surface area contributed by atoms with Gasteiger partial charge in [0.2, 0.25) is 0 Å². The van der Waals surface area contributed by atoms with Crippen LogP contribution in [-0.4, -0.2) is 23.9 Å². The van der Waals surface area contributed by atoms with Crippen molar-refractivity contribution in [3.05, 3.63) is 33.3 Å². The van der Waals surface area contributed by atoms with E-state index in [1.54, 1.807) is 6.07 Å². The molecule has 0 radical (unpaired) electrons. The summed E-state index contributed by atoms with van der Waals surface area (Å²) >= 11 is 9.58. The van der Waals surface area contributed by atoms with Gasteiger partial charge in [0.05, 0.1) is 10.6 Å². The van der Waals surface area contributed by atoms with Crippen LogP contribution >= 0.6 is 27.5 Å². The molecule has 2 fully saturated rings. The summed E-state index contributed by atoms with van der Waals surface area (Å²) in [5.41, 5.74) is 0.623. The molecule has 2 aliphatic carbocycles. The molecule has 102 valence electrons. The van der Waals surface area contributed by atoms with Crippen molar-refractivity contribution in [3.63, 3.8) is 0 Å². The van der Waals surface area contributed by atoms with Crippen molar-refractivity contribution < 1.29 is 4.79 Å². The maximum Gasteiger partial charge on any atom is 0.255 e. The number of hydrogen-bond donors (Lipinski definition) is 0. The Morgan fingerprint density at radius 3 is 2.32 bits per heavy atom. The van der Waals surface area contributed by atoms with Gasteiger partial charge in [-0.05, 0) is 55.7 Å². The Bertz CT molecular complexity index is 483. The van der Waals surface area contributed by atoms with Gasteiger partial charge in [0.1, 0.15) is 0 Å². The average molecular weight is 343 g/mol. The Morgan fingerprint density at radius 2 is 1.79 bits per heavy atom. The third-order valence-corrected chi connectivity index (χ3v) is 4.62. The molecule has 0 atom stereocenters. The first-order valence-electron chi connectivity index (χ1n) is 6.88. The lowest BCUT2D eigenvalue weighted by Gasteiger charge is -2.23. The fourth-order valence-corrected chi connectivity index (χ4v) is 2.86. The Balaban J connectivity index is 1.78. The van der Waals surface area contributed by atoms with Crippen molar-refractivity contribution in [3.8, 4) is 0 Å². The quantitative estimate of drug-likeness (QED) is 0.778. The molecule has 2 nitrogen and oxygen atoms in total. The molecule has 1 amide bonds. The van der Waals surface area contributed by atoms with Crippen molar-refractivity contribution in [2.45, 2.75) is 25.7 Å². The van der Waals surface area contributed by atoms with E-state index in [-0.39, 0.29) is 5.91 Å². The van der Waals surface area contributed by atoms with Gasteiger partial charge in [0, 0.05) is 17.6 Å². The molecule has 2 aliphatic rings. The van der Waals surface area contributed by atoms with E-state index in [4.69, 9.17) is 11.6 Å². The molecule has 0 N–H and O–H groups in total. The Morgan fingerprint density at radius 1 is 1.21 bits per heavy atom. The van der Waals surface area contributed by atoms with Crippen LogP contribution in [0.25, 0.3) is 0 Å². The molecule has 2 saturated carbocycles. The highest BCUT2D eigenvalue weighted by Crippen LogP contribution is 2.35. The summed E-state index contributed by atoms with van der Waals surface area (Å²) in [6, 6.07) is 5.48. The molecule has 0 spiro atoms. The summed E-state index contributed by atoms with van der Waals surface area (Å²) in [5, 5.41) is 0.546. The van der Waals surface area contributed by atoms with Crippen molar-refractivity contribution in [2.24, 2.45) is 11.8 Å². The summed E-state index contributed by atoms with van der Waals surface area (Å²) < 4.78 is 0.901. The fourth-order valence-electron chi connectivity index (χ4n) is 2.30. The van der Waals surface area contributed by atoms with Gasteiger partial charge < -0.3 is 4.90 Å². The standard InChI is InChI=1S/C15H17BrClNO/c16-12-5-6-14(17)13(7-12)15(19)18(8-10-1-2-10)9-11-3-4-11/h5-7,10-11H,1-4,8-9H2. The number of carbonyl (C=O) groups excluding carboxylic acids is 1. The lowest BCUT2D eigenvalue weighted by atomic mass is 10.1. The summed E-state index contributed by atoms with van der Waals surface area (Å²) in [5.74, 6) is 1.52. The van der Waals surface area contributed by atoms with Crippen molar-refractivity contribution in [1.82, 2.24) is 4.90 Å². The van der Waals surface area contributed by atoms with Crippen molar-refractivity contribution in [2.75, 3.05) is 13.1 Å². The molecule has 0 unspecified atom stereocenters. The second-order valence-corrected chi connectivity index (χ2v) is 7.04. The number of rotatable bonds is 5. The van der Waals surface area contributed by atoms with E-state index < -0.39 is 0 Å². The van der Waals surface area contributed by atoms with E-state index in [0.717, 1.165) is 17.6 Å². The fraction of sp³-hybridized carbons (Fsp3) is 0.533. The minimum absolute atomic E-state index is 0.0881. The van der Waals surface area contributed by atoms with Gasteiger partial charge in [-0.15, -0.1) is 0 Å². The molecule has 0 aliphatic heterocycles. The van der Waals surface area contributed by atoms with Gasteiger partial charge in [-0.25, -0.2) is 0 Å². The number of benzene rings is 1. The van der Waals surface area contributed by atoms with Gasteiger partial charge in [0.25, 0.3) is 5.91 Å². The first-order chi connectivity index (χ1) is 9.13. The van der Waals surface area contributed by atoms with E-state index in [9.17, 15) is 4.79 Å². The molecule has 0 heterocycles. The van der Waals surface area contributed by atoms with Crippen LogP contribution in [0.1, 0.15) is 36.0 Å². The van der Waals surface area contributed by atoms with Crippen molar-refractivity contribution in [1.29, 1.82) is 0 Å². The van der Waals surface area contributed by atoms with E-state index in [0.29, 0.717) is 22.4 Å². The molecule has 3 rings (SSSR count). The minimum atomic E-state index is 0.0881. The van der Waals surface area contributed by atoms with Crippen LogP contribution in [-0.2, 0) is 0 Å². The summed E-state index contributed by atoms with van der Waals surface area (Å²) in [7, 11) is 0. The summed E-state index contributed by atoms with van der Waals surface area (Å²) in [6.45, 7) is 1.80. The highest BCUT2D eigenvalue weighted by atomic mass is 79.9. The lowest BCUT2D eigenvalue weighted by molar-refractivity contribution is 0.0739. The highest BCUT2D eigenvalue weighted by molar-refractivity contribution is 9.10. The number of nitrogens with zero attached hydrogens (tertiary/aromatic N) is 1. The number of carbonyl (C=O) groups is 1. The van der Waals surface area contributed by atoms with Crippen LogP contribution in [0.4, 0.5) is 0 Å². The van der Waals surface area contributed by atoms with Gasteiger partial charge in [-0.2, -0.15) is 0 Å². The molecule has 19 heavy (non-hydrogen) atoms. The Hall–Kier alpha value is -0.540. The monoisotopic (exact) mass is 341 g/mol. The Kier molecular flexibility index (Phi) is 3.86. The number of hydrogen-bond acceptors (Lipinski definition) is 1. The predicted octanol–water partition coefficient (Wildman–Crippen LogP) is 4.36. The van der Waals surface area contributed by atoms with E-state index in [2.05, 4.69) is 15.9 Å². The number of halogens is 2. The molecule has 0 bridgehead atoms. The summed E-state index contributed by atoms with van der Waals surface area (Å²) in [6.07, 6.45) is 5.06. The van der Waals surface area contributed by atoms with Crippen LogP contribution in [0.3, 0.4) is 0 Å².